The molecule has 3 heterocycles. The maximum atomic E-state index is 15.1. The number of ether oxygens (including phenoxy) is 1. The molecule has 42 heavy (non-hydrogen) atoms. The molecule has 2 aromatic carbocycles. The third-order valence-corrected chi connectivity index (χ3v) is 7.20. The van der Waals surface area contributed by atoms with Crippen molar-refractivity contribution < 1.29 is 40.6 Å². The zero-order valence-electron chi connectivity index (χ0n) is 22.9. The lowest BCUT2D eigenvalue weighted by molar-refractivity contribution is -0.146. The van der Waals surface area contributed by atoms with E-state index in [0.717, 1.165) is 11.8 Å². The molecule has 2 aliphatic rings. The van der Waals surface area contributed by atoms with Crippen molar-refractivity contribution in [3.8, 4) is 5.69 Å². The van der Waals surface area contributed by atoms with Gasteiger partial charge in [-0.3, -0.25) is 9.69 Å². The third kappa shape index (κ3) is 6.10. The van der Waals surface area contributed by atoms with Gasteiger partial charge in [-0.05, 0) is 37.3 Å². The number of nitrogens with zero attached hydrogens (tertiary/aromatic N) is 8. The average molecular weight is 603 g/mol. The predicted molar refractivity (Wildman–Crippen MR) is 143 cm³/mol. The van der Waals surface area contributed by atoms with Gasteiger partial charge in [0.1, 0.15) is 22.3 Å². The first-order chi connectivity index (χ1) is 19.7. The molecule has 0 aliphatic carbocycles. The Kier molecular flexibility index (Phi) is 9.20. The van der Waals surface area contributed by atoms with Gasteiger partial charge in [0.05, 0.1) is 30.7 Å². The number of carbonyl (C=O) groups excluding carboxylic acids is 2. The highest BCUT2D eigenvalue weighted by atomic mass is 35.5. The molecule has 0 unspecified atom stereocenters. The largest absolute Gasteiger partial charge is 1.00 e. The molecule has 2 amide bonds. The van der Waals surface area contributed by atoms with E-state index in [4.69, 9.17) is 4.74 Å². The second kappa shape index (κ2) is 12.6. The molecular weight excluding hydrogens is 574 g/mol. The summed E-state index contributed by atoms with van der Waals surface area (Å²) in [6.45, 7) is 3.61. The van der Waals surface area contributed by atoms with Gasteiger partial charge in [0.25, 0.3) is 0 Å². The number of carbonyl (C=O) groups is 2. The highest BCUT2D eigenvalue weighted by Gasteiger charge is 2.48. The fourth-order valence-corrected chi connectivity index (χ4v) is 4.90. The number of aliphatic hydroxyl groups is 1. The molecule has 2 atom stereocenters. The molecule has 0 spiro atoms. The Bertz CT molecular complexity index is 1430. The molecule has 1 aromatic heterocycles. The first kappa shape index (κ1) is 30.6. The number of hydrazone groups is 1. The van der Waals surface area contributed by atoms with Gasteiger partial charge in [-0.15, -0.1) is 5.10 Å². The van der Waals surface area contributed by atoms with Crippen molar-refractivity contribution >= 4 is 24.0 Å². The minimum Gasteiger partial charge on any atom is -1.00 e. The molecule has 5 rings (SSSR count). The van der Waals surface area contributed by atoms with E-state index in [9.17, 15) is 19.1 Å². The summed E-state index contributed by atoms with van der Waals surface area (Å²) in [7, 11) is 0. The van der Waals surface area contributed by atoms with E-state index in [1.165, 1.54) is 20.9 Å². The number of hydrogen-bond donors (Lipinski definition) is 1. The van der Waals surface area contributed by atoms with E-state index in [0.29, 0.717) is 18.3 Å². The van der Waals surface area contributed by atoms with Crippen molar-refractivity contribution in [2.45, 2.75) is 31.9 Å². The van der Waals surface area contributed by atoms with Crippen molar-refractivity contribution in [1.29, 1.82) is 0 Å². The van der Waals surface area contributed by atoms with Crippen LogP contribution in [0.2, 0.25) is 0 Å². The van der Waals surface area contributed by atoms with E-state index in [1.54, 1.807) is 60.1 Å². The summed E-state index contributed by atoms with van der Waals surface area (Å²) in [6.07, 6.45) is 6.16. The number of aromatic nitrogens is 3. The predicted octanol–water partition coefficient (Wildman–Crippen LogP) is -0.626. The Morgan fingerprint density at radius 1 is 1.17 bits per heavy atom. The van der Waals surface area contributed by atoms with Crippen LogP contribution in [0.25, 0.3) is 5.69 Å². The number of halogens is 3. The Morgan fingerprint density at radius 3 is 2.57 bits per heavy atom. The lowest BCUT2D eigenvalue weighted by Crippen LogP contribution is -3.00. The summed E-state index contributed by atoms with van der Waals surface area (Å²) in [5, 5.41) is 25.4. The van der Waals surface area contributed by atoms with Crippen LogP contribution in [0.3, 0.4) is 0 Å². The molecule has 222 valence electrons. The summed E-state index contributed by atoms with van der Waals surface area (Å²) < 4.78 is 35.6. The van der Waals surface area contributed by atoms with E-state index >= 15 is 4.39 Å². The SMILES string of the molecule is CCC(=O)OCN1[C+]=NN(C[C@@](O)(c2ccc(F)cc2F)[C@@H](C)N2CCN(c3ccc(-n4ccnn4)cc3)C2=O)C1.[Cl-]. The maximum absolute atomic E-state index is 15.1. The minimum absolute atomic E-state index is 0. The molecule has 2 aliphatic heterocycles. The zero-order chi connectivity index (χ0) is 29.1. The number of esters is 1. The lowest BCUT2D eigenvalue weighted by Gasteiger charge is -2.40. The van der Waals surface area contributed by atoms with Crippen LogP contribution >= 0.6 is 0 Å². The number of rotatable bonds is 10. The highest BCUT2D eigenvalue weighted by Crippen LogP contribution is 2.35. The number of benzene rings is 2. The van der Waals surface area contributed by atoms with E-state index in [-0.39, 0.29) is 56.9 Å². The van der Waals surface area contributed by atoms with Crippen LogP contribution in [0, 0.1) is 11.6 Å². The molecule has 0 bridgehead atoms. The molecule has 1 fully saturated rings. The molecule has 0 radical (unpaired) electrons. The lowest BCUT2D eigenvalue weighted by atomic mass is 9.85. The molecular formula is C27H29ClF2N8O4. The third-order valence-electron chi connectivity index (χ3n) is 7.20. The van der Waals surface area contributed by atoms with Crippen molar-refractivity contribution in [3.63, 3.8) is 0 Å². The van der Waals surface area contributed by atoms with Crippen molar-refractivity contribution in [3.05, 3.63) is 72.1 Å². The number of amides is 2. The van der Waals surface area contributed by atoms with Gasteiger partial charge < -0.3 is 27.2 Å². The smallest absolute Gasteiger partial charge is 0.547 e. The first-order valence-corrected chi connectivity index (χ1v) is 13.0. The fraction of sp³-hybridized carbons (Fsp3) is 0.370. The topological polar surface area (TPSA) is 120 Å². The van der Waals surface area contributed by atoms with E-state index in [2.05, 4.69) is 21.8 Å². The monoisotopic (exact) mass is 602 g/mol. The molecule has 3 aromatic rings. The molecule has 1 saturated heterocycles. The van der Waals surface area contributed by atoms with Crippen LogP contribution in [-0.2, 0) is 15.1 Å². The zero-order valence-corrected chi connectivity index (χ0v) is 23.7. The minimum atomic E-state index is -2.00. The normalized spacial score (nSPS) is 16.7. The molecule has 0 saturated carbocycles. The van der Waals surface area contributed by atoms with Crippen LogP contribution in [0.1, 0.15) is 25.8 Å². The van der Waals surface area contributed by atoms with Crippen molar-refractivity contribution in [1.82, 2.24) is 29.8 Å². The standard InChI is InChI=1S/C27H29F2N8O4.ClH/c1-3-25(38)41-18-33-16-31-34(17-33)15-27(40,23-9-4-20(28)14-24(23)29)19(2)35-12-13-36(26(35)39)21-5-7-22(8-6-21)37-11-10-30-32-37;/h4-11,14,19,40H,3,12-13,15,17-18H2,1-2H3;1H/q+1;/p-1/t19-,27+;/m1./s1. The van der Waals surface area contributed by atoms with Crippen molar-refractivity contribution in [2.75, 3.05) is 37.9 Å². The van der Waals surface area contributed by atoms with Gasteiger partial charge >= 0.3 is 18.3 Å². The second-order valence-corrected chi connectivity index (χ2v) is 9.76. The van der Waals surface area contributed by atoms with Gasteiger partial charge in [-0.25, -0.2) is 23.3 Å². The number of β-amino-alcohol motifs (C(OH)–C–C–N with tert-alkyl or cyclic N) is 1. The summed E-state index contributed by atoms with van der Waals surface area (Å²) >= 11 is 0. The summed E-state index contributed by atoms with van der Waals surface area (Å²) in [6, 6.07) is 8.77. The van der Waals surface area contributed by atoms with E-state index in [1.807, 2.05) is 0 Å². The Labute approximate surface area is 247 Å². The van der Waals surface area contributed by atoms with Crippen LogP contribution in [0.4, 0.5) is 19.3 Å². The number of urea groups is 1. The summed E-state index contributed by atoms with van der Waals surface area (Å²) in [5.41, 5.74) is -0.769. The molecule has 12 nitrogen and oxygen atoms in total. The average Bonchev–Trinajstić information content (AvgIpc) is 3.73. The molecule has 15 heteroatoms. The van der Waals surface area contributed by atoms with Crippen LogP contribution in [0.15, 0.2) is 60.0 Å². The van der Waals surface area contributed by atoms with Gasteiger partial charge in [0, 0.05) is 36.8 Å². The van der Waals surface area contributed by atoms with Gasteiger partial charge in [-0.2, -0.15) is 0 Å². The van der Waals surface area contributed by atoms with Gasteiger partial charge in [0.15, 0.2) is 6.67 Å². The van der Waals surface area contributed by atoms with Crippen LogP contribution in [0.5, 0.6) is 0 Å². The highest BCUT2D eigenvalue weighted by molar-refractivity contribution is 5.94. The fourth-order valence-electron chi connectivity index (χ4n) is 4.90. The maximum Gasteiger partial charge on any atom is 0.547 e. The van der Waals surface area contributed by atoms with Gasteiger partial charge in [-0.1, -0.05) is 23.1 Å². The Hall–Kier alpha value is -4.39. The Morgan fingerprint density at radius 2 is 1.90 bits per heavy atom. The van der Waals surface area contributed by atoms with Gasteiger partial charge in [0.2, 0.25) is 6.73 Å². The van der Waals surface area contributed by atoms with Crippen LogP contribution in [-0.4, -0.2) is 92.3 Å². The van der Waals surface area contributed by atoms with Crippen molar-refractivity contribution in [2.24, 2.45) is 5.10 Å². The Balaban J connectivity index is 0.00000405. The first-order valence-electron chi connectivity index (χ1n) is 13.0. The number of anilines is 1. The summed E-state index contributed by atoms with van der Waals surface area (Å²) in [5.74, 6) is -2.14. The number of hydrogen-bond acceptors (Lipinski definition) is 9. The second-order valence-electron chi connectivity index (χ2n) is 9.76. The molecule has 1 N–H and O–H groups in total. The quantitative estimate of drug-likeness (QED) is 0.241. The van der Waals surface area contributed by atoms with Crippen LogP contribution < -0.4 is 17.3 Å². The van der Waals surface area contributed by atoms with E-state index < -0.39 is 29.2 Å². The summed E-state index contributed by atoms with van der Waals surface area (Å²) in [4.78, 5) is 29.6.